The smallest absolute Gasteiger partial charge is 0.338 e. The van der Waals surface area contributed by atoms with Gasteiger partial charge < -0.3 is 14.9 Å². The van der Waals surface area contributed by atoms with E-state index in [1.54, 1.807) is 19.1 Å². The van der Waals surface area contributed by atoms with E-state index in [1.165, 1.54) is 0 Å². The molecule has 0 amide bonds. The van der Waals surface area contributed by atoms with Gasteiger partial charge in [0.2, 0.25) is 0 Å². The van der Waals surface area contributed by atoms with Crippen LogP contribution in [0.15, 0.2) is 42.5 Å². The zero-order chi connectivity index (χ0) is 14.7. The number of aliphatic carboxylic acids is 2. The van der Waals surface area contributed by atoms with Gasteiger partial charge in [-0.05, 0) is 19.1 Å². The zero-order valence-corrected chi connectivity index (χ0v) is 10.3. The first kappa shape index (κ1) is 16.4. The third kappa shape index (κ3) is 9.11. The minimum atomic E-state index is -1.26. The van der Waals surface area contributed by atoms with Crippen molar-refractivity contribution >= 4 is 17.9 Å². The van der Waals surface area contributed by atoms with Crippen molar-refractivity contribution in [1.29, 1.82) is 0 Å². The lowest BCUT2D eigenvalue weighted by Gasteiger charge is -1.99. The molecule has 2 N–H and O–H groups in total. The third-order valence-corrected chi connectivity index (χ3v) is 1.65. The molecule has 0 fully saturated rings. The highest BCUT2D eigenvalue weighted by molar-refractivity contribution is 5.89. The SMILES string of the molecule is CCOC(=O)c1ccccc1.O=C(O)C=CC(=O)O. The second kappa shape index (κ2) is 9.41. The highest BCUT2D eigenvalue weighted by Gasteiger charge is 2.02. The Bertz CT molecular complexity index is 433. The zero-order valence-electron chi connectivity index (χ0n) is 10.3. The third-order valence-electron chi connectivity index (χ3n) is 1.65. The summed E-state index contributed by atoms with van der Waals surface area (Å²) in [6.45, 7) is 2.22. The first-order chi connectivity index (χ1) is 8.97. The lowest BCUT2D eigenvalue weighted by molar-refractivity contribution is -0.134. The molecule has 0 unspecified atom stereocenters. The largest absolute Gasteiger partial charge is 0.478 e. The van der Waals surface area contributed by atoms with Crippen LogP contribution in [-0.2, 0) is 14.3 Å². The molecule has 0 aliphatic rings. The van der Waals surface area contributed by atoms with Crippen LogP contribution in [0.3, 0.4) is 0 Å². The number of carboxylic acid groups (broad SMARTS) is 2. The Morgan fingerprint density at radius 2 is 1.53 bits per heavy atom. The first-order valence-corrected chi connectivity index (χ1v) is 5.33. The molecule has 0 saturated carbocycles. The molecule has 0 radical (unpaired) electrons. The first-order valence-electron chi connectivity index (χ1n) is 5.33. The molecular formula is C13H14O6. The van der Waals surface area contributed by atoms with Crippen molar-refractivity contribution in [2.45, 2.75) is 6.92 Å². The number of benzene rings is 1. The molecule has 1 rings (SSSR count). The van der Waals surface area contributed by atoms with Gasteiger partial charge in [-0.3, -0.25) is 0 Å². The van der Waals surface area contributed by atoms with Crippen LogP contribution < -0.4 is 0 Å². The predicted molar refractivity (Wildman–Crippen MR) is 66.8 cm³/mol. The standard InChI is InChI=1S/C9H10O2.C4H4O4/c1-2-11-9(10)8-6-4-3-5-7-8;5-3(6)1-2-4(7)8/h3-7H,2H2,1H3;1-2H,(H,5,6)(H,7,8). The average molecular weight is 266 g/mol. The Morgan fingerprint density at radius 3 is 1.89 bits per heavy atom. The van der Waals surface area contributed by atoms with Crippen LogP contribution in [0.1, 0.15) is 17.3 Å². The highest BCUT2D eigenvalue weighted by Crippen LogP contribution is 1.99. The minimum absolute atomic E-state index is 0.256. The van der Waals surface area contributed by atoms with E-state index in [0.29, 0.717) is 24.3 Å². The molecule has 6 heteroatoms. The van der Waals surface area contributed by atoms with Gasteiger partial charge in [0.1, 0.15) is 0 Å². The van der Waals surface area contributed by atoms with Crippen LogP contribution in [-0.4, -0.2) is 34.7 Å². The summed E-state index contributed by atoms with van der Waals surface area (Å²) in [5.74, 6) is -2.77. The lowest BCUT2D eigenvalue weighted by Crippen LogP contribution is -2.03. The molecule has 102 valence electrons. The van der Waals surface area contributed by atoms with Crippen molar-refractivity contribution in [3.63, 3.8) is 0 Å². The van der Waals surface area contributed by atoms with Crippen LogP contribution >= 0.6 is 0 Å². The summed E-state index contributed by atoms with van der Waals surface area (Å²) in [5.41, 5.74) is 0.606. The van der Waals surface area contributed by atoms with Crippen molar-refractivity contribution in [2.24, 2.45) is 0 Å². The summed E-state index contributed by atoms with van der Waals surface area (Å²) in [7, 11) is 0. The maximum Gasteiger partial charge on any atom is 0.338 e. The van der Waals surface area contributed by atoms with Crippen molar-refractivity contribution in [1.82, 2.24) is 0 Å². The maximum atomic E-state index is 11.0. The fraction of sp³-hybridized carbons (Fsp3) is 0.154. The molecule has 0 heterocycles. The summed E-state index contributed by atoms with van der Waals surface area (Å²) in [6, 6.07) is 8.96. The number of rotatable bonds is 4. The second-order valence-electron chi connectivity index (χ2n) is 3.10. The number of esters is 1. The van der Waals surface area contributed by atoms with Crippen molar-refractivity contribution in [2.75, 3.05) is 6.61 Å². The van der Waals surface area contributed by atoms with Gasteiger partial charge in [0, 0.05) is 12.2 Å². The summed E-state index contributed by atoms with van der Waals surface area (Å²) in [6.07, 6.45) is 1.12. The Morgan fingerprint density at radius 1 is 1.05 bits per heavy atom. The molecule has 19 heavy (non-hydrogen) atoms. The topological polar surface area (TPSA) is 101 Å². The molecular weight excluding hydrogens is 252 g/mol. The van der Waals surface area contributed by atoms with Gasteiger partial charge >= 0.3 is 17.9 Å². The van der Waals surface area contributed by atoms with Gasteiger partial charge in [-0.15, -0.1) is 0 Å². The van der Waals surface area contributed by atoms with Gasteiger partial charge in [0.25, 0.3) is 0 Å². The van der Waals surface area contributed by atoms with Crippen LogP contribution in [0.5, 0.6) is 0 Å². The van der Waals surface area contributed by atoms with E-state index >= 15 is 0 Å². The van der Waals surface area contributed by atoms with Crippen LogP contribution in [0.4, 0.5) is 0 Å². The number of hydrogen-bond donors (Lipinski definition) is 2. The Balaban J connectivity index is 0.000000362. The van der Waals surface area contributed by atoms with Crippen molar-refractivity contribution < 1.29 is 29.3 Å². The predicted octanol–water partition coefficient (Wildman–Crippen LogP) is 1.58. The van der Waals surface area contributed by atoms with E-state index in [4.69, 9.17) is 14.9 Å². The summed E-state index contributed by atoms with van der Waals surface area (Å²) >= 11 is 0. The van der Waals surface area contributed by atoms with Gasteiger partial charge in [-0.1, -0.05) is 18.2 Å². The summed E-state index contributed by atoms with van der Waals surface area (Å²) in [5, 5.41) is 15.6. The average Bonchev–Trinajstić information content (AvgIpc) is 2.38. The Kier molecular flexibility index (Phi) is 8.10. The van der Waals surface area contributed by atoms with Crippen LogP contribution in [0.2, 0.25) is 0 Å². The Labute approximate surface area is 109 Å². The molecule has 0 aliphatic carbocycles. The van der Waals surface area contributed by atoms with Gasteiger partial charge in [0.15, 0.2) is 0 Å². The second-order valence-corrected chi connectivity index (χ2v) is 3.10. The van der Waals surface area contributed by atoms with E-state index < -0.39 is 11.9 Å². The summed E-state index contributed by atoms with van der Waals surface area (Å²) < 4.78 is 4.79. The van der Waals surface area contributed by atoms with E-state index in [1.807, 2.05) is 18.2 Å². The summed E-state index contributed by atoms with van der Waals surface area (Å²) in [4.78, 5) is 30.1. The van der Waals surface area contributed by atoms with E-state index in [-0.39, 0.29) is 5.97 Å². The van der Waals surface area contributed by atoms with E-state index in [0.717, 1.165) is 0 Å². The number of hydrogen-bond acceptors (Lipinski definition) is 4. The van der Waals surface area contributed by atoms with Gasteiger partial charge in [-0.2, -0.15) is 0 Å². The number of carboxylic acids is 2. The lowest BCUT2D eigenvalue weighted by atomic mass is 10.2. The van der Waals surface area contributed by atoms with Crippen molar-refractivity contribution in [3.05, 3.63) is 48.0 Å². The molecule has 0 saturated heterocycles. The van der Waals surface area contributed by atoms with E-state index in [9.17, 15) is 14.4 Å². The minimum Gasteiger partial charge on any atom is -0.478 e. The van der Waals surface area contributed by atoms with Crippen molar-refractivity contribution in [3.8, 4) is 0 Å². The monoisotopic (exact) mass is 266 g/mol. The molecule has 0 aliphatic heterocycles. The molecule has 1 aromatic rings. The molecule has 0 aromatic heterocycles. The fourth-order valence-electron chi connectivity index (χ4n) is 0.931. The maximum absolute atomic E-state index is 11.0. The molecule has 0 bridgehead atoms. The molecule has 6 nitrogen and oxygen atoms in total. The highest BCUT2D eigenvalue weighted by atomic mass is 16.5. The number of carbonyl (C=O) groups is 3. The number of carbonyl (C=O) groups excluding carboxylic acids is 1. The van der Waals surface area contributed by atoms with E-state index in [2.05, 4.69) is 0 Å². The van der Waals surface area contributed by atoms with Gasteiger partial charge in [-0.25, -0.2) is 14.4 Å². The molecule has 0 atom stereocenters. The van der Waals surface area contributed by atoms with Gasteiger partial charge in [0.05, 0.1) is 12.2 Å². The quantitative estimate of drug-likeness (QED) is 0.633. The van der Waals surface area contributed by atoms with Crippen LogP contribution in [0, 0.1) is 0 Å². The molecule has 0 spiro atoms. The number of ether oxygens (including phenoxy) is 1. The fourth-order valence-corrected chi connectivity index (χ4v) is 0.931. The Hall–Kier alpha value is -2.63. The normalized spacial score (nSPS) is 9.32. The van der Waals surface area contributed by atoms with Crippen LogP contribution in [0.25, 0.3) is 0 Å². The molecule has 1 aromatic carbocycles.